The predicted octanol–water partition coefficient (Wildman–Crippen LogP) is 1.16. The summed E-state index contributed by atoms with van der Waals surface area (Å²) in [6, 6.07) is 0. The molecule has 0 fully saturated rings. The molecule has 3 nitrogen and oxygen atoms in total. The van der Waals surface area contributed by atoms with E-state index in [4.69, 9.17) is 0 Å². The molecule has 0 aliphatic rings. The topological polar surface area (TPSA) is 43.4 Å². The van der Waals surface area contributed by atoms with Crippen LogP contribution in [-0.2, 0) is 14.3 Å². The Labute approximate surface area is 66.7 Å². The maximum Gasteiger partial charge on any atom is 0.319 e. The van der Waals surface area contributed by atoms with Crippen LogP contribution in [0.1, 0.15) is 26.7 Å². The third-order valence-corrected chi connectivity index (χ3v) is 2.08. The van der Waals surface area contributed by atoms with Gasteiger partial charge in [0.05, 0.1) is 7.11 Å². The molecule has 3 heteroatoms. The van der Waals surface area contributed by atoms with Gasteiger partial charge in [-0.05, 0) is 12.8 Å². The van der Waals surface area contributed by atoms with Crippen molar-refractivity contribution in [2.45, 2.75) is 26.7 Å². The molecule has 0 N–H and O–H groups in total. The molecule has 0 radical (unpaired) electrons. The molecular formula is C8H14O3. The molecule has 0 aromatic heterocycles. The molecule has 0 rings (SSSR count). The zero-order valence-electron chi connectivity index (χ0n) is 7.22. The molecule has 0 heterocycles. The highest BCUT2D eigenvalue weighted by Crippen LogP contribution is 2.24. The second-order valence-corrected chi connectivity index (χ2v) is 2.47. The van der Waals surface area contributed by atoms with Crippen LogP contribution in [0.3, 0.4) is 0 Å². The molecule has 11 heavy (non-hydrogen) atoms. The number of ether oxygens (including phenoxy) is 1. The Morgan fingerprint density at radius 3 is 2.00 bits per heavy atom. The van der Waals surface area contributed by atoms with Crippen molar-refractivity contribution in [3.8, 4) is 0 Å². The van der Waals surface area contributed by atoms with Crippen LogP contribution in [-0.4, -0.2) is 19.4 Å². The van der Waals surface area contributed by atoms with Crippen molar-refractivity contribution in [1.82, 2.24) is 0 Å². The molecule has 0 spiro atoms. The fourth-order valence-corrected chi connectivity index (χ4v) is 0.957. The molecular weight excluding hydrogens is 144 g/mol. The maximum atomic E-state index is 11.1. The number of esters is 1. The van der Waals surface area contributed by atoms with Gasteiger partial charge in [0, 0.05) is 0 Å². The lowest BCUT2D eigenvalue weighted by molar-refractivity contribution is -0.155. The van der Waals surface area contributed by atoms with Crippen molar-refractivity contribution < 1.29 is 14.3 Å². The third kappa shape index (κ3) is 1.79. The lowest BCUT2D eigenvalue weighted by Crippen LogP contribution is -2.32. The van der Waals surface area contributed by atoms with Gasteiger partial charge in [0.1, 0.15) is 11.7 Å². The van der Waals surface area contributed by atoms with Gasteiger partial charge in [-0.15, -0.1) is 0 Å². The largest absolute Gasteiger partial charge is 0.468 e. The average Bonchev–Trinajstić information content (AvgIpc) is 2.08. The first-order chi connectivity index (χ1) is 5.16. The van der Waals surface area contributed by atoms with Gasteiger partial charge in [-0.3, -0.25) is 4.79 Å². The summed E-state index contributed by atoms with van der Waals surface area (Å²) in [5.74, 6) is -0.433. The van der Waals surface area contributed by atoms with Crippen LogP contribution in [0.4, 0.5) is 0 Å². The number of carbonyl (C=O) groups is 2. The first kappa shape index (κ1) is 10.1. The van der Waals surface area contributed by atoms with E-state index in [0.29, 0.717) is 19.1 Å². The molecule has 0 aliphatic heterocycles. The van der Waals surface area contributed by atoms with Crippen molar-refractivity contribution in [2.75, 3.05) is 7.11 Å². The van der Waals surface area contributed by atoms with E-state index < -0.39 is 11.4 Å². The monoisotopic (exact) mass is 158 g/mol. The van der Waals surface area contributed by atoms with E-state index in [1.54, 1.807) is 13.8 Å². The summed E-state index contributed by atoms with van der Waals surface area (Å²) in [6.07, 6.45) is 1.68. The highest BCUT2D eigenvalue weighted by Gasteiger charge is 2.35. The van der Waals surface area contributed by atoms with E-state index >= 15 is 0 Å². The maximum absolute atomic E-state index is 11.1. The molecule has 0 saturated carbocycles. The van der Waals surface area contributed by atoms with Crippen LogP contribution in [0.15, 0.2) is 0 Å². The minimum atomic E-state index is -0.908. The summed E-state index contributed by atoms with van der Waals surface area (Å²) in [6.45, 7) is 3.60. The molecule has 0 aromatic rings. The second kappa shape index (κ2) is 4.11. The summed E-state index contributed by atoms with van der Waals surface area (Å²) >= 11 is 0. The van der Waals surface area contributed by atoms with E-state index in [1.165, 1.54) is 7.11 Å². The molecule has 0 atom stereocenters. The summed E-state index contributed by atoms with van der Waals surface area (Å²) < 4.78 is 4.52. The Kier molecular flexibility index (Phi) is 3.79. The Balaban J connectivity index is 4.53. The molecule has 0 unspecified atom stereocenters. The van der Waals surface area contributed by atoms with Gasteiger partial charge in [0.15, 0.2) is 0 Å². The zero-order chi connectivity index (χ0) is 8.91. The van der Waals surface area contributed by atoms with Crippen molar-refractivity contribution in [3.05, 3.63) is 0 Å². The Bertz CT molecular complexity index is 147. The number of hydrogen-bond donors (Lipinski definition) is 0. The fraction of sp³-hybridized carbons (Fsp3) is 0.750. The number of rotatable bonds is 4. The SMILES string of the molecule is CCC(C=O)(CC)C(=O)OC. The van der Waals surface area contributed by atoms with Crippen LogP contribution in [0.5, 0.6) is 0 Å². The highest BCUT2D eigenvalue weighted by atomic mass is 16.5. The summed E-state index contributed by atoms with van der Waals surface area (Å²) in [4.78, 5) is 21.7. The second-order valence-electron chi connectivity index (χ2n) is 2.47. The number of aldehydes is 1. The van der Waals surface area contributed by atoms with Crippen molar-refractivity contribution in [2.24, 2.45) is 5.41 Å². The standard InChI is InChI=1S/C8H14O3/c1-4-8(5-2,6-9)7(10)11-3/h6H,4-5H2,1-3H3. The van der Waals surface area contributed by atoms with Gasteiger partial charge in [0.2, 0.25) is 0 Å². The summed E-state index contributed by atoms with van der Waals surface area (Å²) in [5.41, 5.74) is -0.908. The van der Waals surface area contributed by atoms with Crippen molar-refractivity contribution in [1.29, 1.82) is 0 Å². The van der Waals surface area contributed by atoms with E-state index in [2.05, 4.69) is 4.74 Å². The van der Waals surface area contributed by atoms with E-state index in [-0.39, 0.29) is 0 Å². The van der Waals surface area contributed by atoms with Crippen LogP contribution < -0.4 is 0 Å². The quantitative estimate of drug-likeness (QED) is 0.350. The Hall–Kier alpha value is -0.860. The molecule has 0 aromatic carbocycles. The molecule has 64 valence electrons. The van der Waals surface area contributed by atoms with Gasteiger partial charge in [0.25, 0.3) is 0 Å². The van der Waals surface area contributed by atoms with Gasteiger partial charge >= 0.3 is 5.97 Å². The first-order valence-electron chi connectivity index (χ1n) is 3.71. The van der Waals surface area contributed by atoms with Gasteiger partial charge in [-0.25, -0.2) is 0 Å². The van der Waals surface area contributed by atoms with Crippen molar-refractivity contribution >= 4 is 12.3 Å². The van der Waals surface area contributed by atoms with Gasteiger partial charge in [-0.2, -0.15) is 0 Å². The Morgan fingerprint density at radius 1 is 1.45 bits per heavy atom. The van der Waals surface area contributed by atoms with Gasteiger partial charge in [-0.1, -0.05) is 13.8 Å². The van der Waals surface area contributed by atoms with Crippen LogP contribution >= 0.6 is 0 Å². The lowest BCUT2D eigenvalue weighted by atomic mass is 9.84. The third-order valence-electron chi connectivity index (χ3n) is 2.08. The minimum Gasteiger partial charge on any atom is -0.468 e. The predicted molar refractivity (Wildman–Crippen MR) is 41.1 cm³/mol. The number of methoxy groups -OCH3 is 1. The van der Waals surface area contributed by atoms with Crippen LogP contribution in [0.25, 0.3) is 0 Å². The van der Waals surface area contributed by atoms with E-state index in [1.807, 2.05) is 0 Å². The highest BCUT2D eigenvalue weighted by molar-refractivity contribution is 5.92. The molecule has 0 bridgehead atoms. The van der Waals surface area contributed by atoms with Crippen molar-refractivity contribution in [3.63, 3.8) is 0 Å². The summed E-state index contributed by atoms with van der Waals surface area (Å²) in [7, 11) is 1.30. The number of carbonyl (C=O) groups excluding carboxylic acids is 2. The molecule has 0 amide bonds. The van der Waals surface area contributed by atoms with Crippen LogP contribution in [0, 0.1) is 5.41 Å². The normalized spacial score (nSPS) is 10.8. The van der Waals surface area contributed by atoms with Crippen LogP contribution in [0.2, 0.25) is 0 Å². The smallest absolute Gasteiger partial charge is 0.319 e. The first-order valence-corrected chi connectivity index (χ1v) is 3.71. The number of hydrogen-bond acceptors (Lipinski definition) is 3. The summed E-state index contributed by atoms with van der Waals surface area (Å²) in [5, 5.41) is 0. The fourth-order valence-electron chi connectivity index (χ4n) is 0.957. The Morgan fingerprint density at radius 2 is 1.91 bits per heavy atom. The van der Waals surface area contributed by atoms with E-state index in [0.717, 1.165) is 0 Å². The van der Waals surface area contributed by atoms with Gasteiger partial charge < -0.3 is 9.53 Å². The lowest BCUT2D eigenvalue weighted by Gasteiger charge is -2.20. The van der Waals surface area contributed by atoms with E-state index in [9.17, 15) is 9.59 Å². The molecule has 0 aliphatic carbocycles. The molecule has 0 saturated heterocycles. The minimum absolute atomic E-state index is 0.433. The zero-order valence-corrected chi connectivity index (χ0v) is 7.22. The average molecular weight is 158 g/mol.